The lowest BCUT2D eigenvalue weighted by Gasteiger charge is -2.30. The van der Waals surface area contributed by atoms with Crippen molar-refractivity contribution in [3.05, 3.63) is 191 Å². The molecule has 1 heterocycles. The van der Waals surface area contributed by atoms with E-state index in [2.05, 4.69) is 164 Å². The first-order chi connectivity index (χ1) is 23.7. The molecule has 0 spiro atoms. The van der Waals surface area contributed by atoms with E-state index >= 15 is 0 Å². The van der Waals surface area contributed by atoms with Crippen LogP contribution in [0.2, 0.25) is 0 Å². The topological polar surface area (TPSA) is 12.0 Å². The summed E-state index contributed by atoms with van der Waals surface area (Å²) < 4.78 is 0. The van der Waals surface area contributed by atoms with Gasteiger partial charge in [0, 0.05) is 11.6 Å². The molecule has 9 rings (SSSR count). The molecule has 1 N–H and O–H groups in total. The summed E-state index contributed by atoms with van der Waals surface area (Å²) in [6, 6.07) is 46.7. The quantitative estimate of drug-likeness (QED) is 0.208. The van der Waals surface area contributed by atoms with Gasteiger partial charge in [-0.1, -0.05) is 152 Å². The molecule has 6 aromatic carbocycles. The smallest absolute Gasteiger partial charge is 0.0629 e. The number of hydrogen-bond donors (Lipinski definition) is 1. The Morgan fingerprint density at radius 2 is 1.31 bits per heavy atom. The Labute approximate surface area is 283 Å². The first kappa shape index (κ1) is 28.6. The van der Waals surface area contributed by atoms with Gasteiger partial charge in [-0.25, -0.2) is 0 Å². The fourth-order valence-corrected chi connectivity index (χ4v) is 8.44. The van der Waals surface area contributed by atoms with Gasteiger partial charge >= 0.3 is 0 Å². The lowest BCUT2D eigenvalue weighted by molar-refractivity contribution is 0.602. The molecule has 2 unspecified atom stereocenters. The number of allylic oxidation sites excluding steroid dienone is 5. The maximum Gasteiger partial charge on any atom is 0.0629 e. The van der Waals surface area contributed by atoms with Crippen LogP contribution in [0.4, 0.5) is 0 Å². The van der Waals surface area contributed by atoms with Gasteiger partial charge in [-0.2, -0.15) is 0 Å². The Hall–Kier alpha value is -5.66. The highest BCUT2D eigenvalue weighted by molar-refractivity contribution is 6.08. The Kier molecular flexibility index (Phi) is 6.87. The Bertz CT molecular complexity index is 2330. The summed E-state index contributed by atoms with van der Waals surface area (Å²) in [5.74, 6) is 0.201. The molecule has 0 aromatic heterocycles. The van der Waals surface area contributed by atoms with Crippen LogP contribution in [0.1, 0.15) is 53.1 Å². The molecule has 1 aliphatic heterocycles. The van der Waals surface area contributed by atoms with Crippen molar-refractivity contribution in [2.24, 2.45) is 0 Å². The molecule has 1 fully saturated rings. The zero-order valence-corrected chi connectivity index (χ0v) is 27.2. The maximum absolute atomic E-state index is 4.73. The third-order valence-electron chi connectivity index (χ3n) is 10.6. The second-order valence-electron chi connectivity index (χ2n) is 13.2. The molecule has 0 bridgehead atoms. The predicted octanol–water partition coefficient (Wildman–Crippen LogP) is 12.1. The second kappa shape index (κ2) is 11.5. The normalized spacial score (nSPS) is 18.6. The Balaban J connectivity index is 1.18. The summed E-state index contributed by atoms with van der Waals surface area (Å²) in [6.45, 7) is 6.91. The summed E-state index contributed by atoms with van der Waals surface area (Å²) in [6.07, 6.45) is 11.4. The summed E-state index contributed by atoms with van der Waals surface area (Å²) in [5.41, 5.74) is 18.1. The van der Waals surface area contributed by atoms with E-state index in [9.17, 15) is 0 Å². The standard InChI is InChI=1S/C47H37N/c1-3-31(29-43-30(2)44-37-19-9-7-17-35(37)36-18-8-14-24-42(36)47(44)48-43)45-38-20-10-12-22-40(38)46(41-23-13-11-21-39(41)45)34-27-25-33(26-28-34)32-15-5-4-6-16-32/h3-12,14-22,24-29,44,47-48H,2,13,23H2,1H3/b31-3+,43-29+. The van der Waals surface area contributed by atoms with E-state index in [1.54, 1.807) is 0 Å². The van der Waals surface area contributed by atoms with Crippen LogP contribution in [0, 0.1) is 0 Å². The fraction of sp³-hybridized carbons (Fsp3) is 0.106. The van der Waals surface area contributed by atoms with Gasteiger partial charge in [0.05, 0.1) is 6.04 Å². The average molecular weight is 616 g/mol. The second-order valence-corrected chi connectivity index (χ2v) is 13.2. The minimum Gasteiger partial charge on any atom is -0.377 e. The summed E-state index contributed by atoms with van der Waals surface area (Å²) >= 11 is 0. The minimum absolute atomic E-state index is 0.166. The zero-order chi connectivity index (χ0) is 32.2. The van der Waals surface area contributed by atoms with Gasteiger partial charge in [0.25, 0.3) is 0 Å². The van der Waals surface area contributed by atoms with Crippen LogP contribution >= 0.6 is 0 Å². The summed E-state index contributed by atoms with van der Waals surface area (Å²) in [7, 11) is 0. The number of rotatable bonds is 4. The SMILES string of the molecule is C=C1/C(=C\C(=C/C)c2c3c(c(-c4ccc(-c5ccccc5)cc4)c4ccccc24)CCC=C3)NC2c3ccccc3-c3ccccc3C12. The summed E-state index contributed by atoms with van der Waals surface area (Å²) in [5, 5.41) is 6.55. The van der Waals surface area contributed by atoms with Gasteiger partial charge in [0.15, 0.2) is 0 Å². The van der Waals surface area contributed by atoms with E-state index in [-0.39, 0.29) is 12.0 Å². The van der Waals surface area contributed by atoms with Crippen molar-refractivity contribution in [1.29, 1.82) is 0 Å². The number of fused-ring (bicyclic) bond motifs is 8. The van der Waals surface area contributed by atoms with Crippen LogP contribution in [0.25, 0.3) is 55.8 Å². The van der Waals surface area contributed by atoms with Crippen LogP contribution in [-0.2, 0) is 6.42 Å². The van der Waals surface area contributed by atoms with Crippen molar-refractivity contribution in [3.63, 3.8) is 0 Å². The first-order valence-electron chi connectivity index (χ1n) is 17.1. The fourth-order valence-electron chi connectivity index (χ4n) is 8.44. The van der Waals surface area contributed by atoms with E-state index in [4.69, 9.17) is 6.58 Å². The lowest BCUT2D eigenvalue weighted by atomic mass is 9.74. The van der Waals surface area contributed by atoms with E-state index in [1.807, 2.05) is 0 Å². The third kappa shape index (κ3) is 4.46. The molecular weight excluding hydrogens is 579 g/mol. The molecular formula is C47H37N. The highest BCUT2D eigenvalue weighted by atomic mass is 15.0. The van der Waals surface area contributed by atoms with Gasteiger partial charge in [-0.05, 0) is 109 Å². The number of hydrogen-bond acceptors (Lipinski definition) is 1. The molecule has 48 heavy (non-hydrogen) atoms. The molecule has 2 aliphatic carbocycles. The van der Waals surface area contributed by atoms with Crippen LogP contribution < -0.4 is 5.32 Å². The lowest BCUT2D eigenvalue weighted by Crippen LogP contribution is -2.21. The van der Waals surface area contributed by atoms with Gasteiger partial charge in [-0.3, -0.25) is 0 Å². The van der Waals surface area contributed by atoms with Crippen molar-refractivity contribution >= 4 is 22.4 Å². The van der Waals surface area contributed by atoms with Gasteiger partial charge < -0.3 is 5.32 Å². The van der Waals surface area contributed by atoms with Gasteiger partial charge in [0.1, 0.15) is 0 Å². The van der Waals surface area contributed by atoms with Crippen molar-refractivity contribution in [2.75, 3.05) is 0 Å². The van der Waals surface area contributed by atoms with Crippen molar-refractivity contribution in [1.82, 2.24) is 5.32 Å². The summed E-state index contributed by atoms with van der Waals surface area (Å²) in [4.78, 5) is 0. The maximum atomic E-state index is 4.73. The Morgan fingerprint density at radius 1 is 0.688 bits per heavy atom. The highest BCUT2D eigenvalue weighted by Gasteiger charge is 2.41. The van der Waals surface area contributed by atoms with E-state index in [0.29, 0.717) is 0 Å². The monoisotopic (exact) mass is 615 g/mol. The van der Waals surface area contributed by atoms with Crippen molar-refractivity contribution < 1.29 is 0 Å². The molecule has 1 heteroatoms. The number of benzene rings is 6. The number of nitrogens with one attached hydrogen (secondary N) is 1. The molecule has 6 aromatic rings. The van der Waals surface area contributed by atoms with Crippen LogP contribution in [0.15, 0.2) is 163 Å². The minimum atomic E-state index is 0.166. The van der Waals surface area contributed by atoms with Gasteiger partial charge in [-0.15, -0.1) is 0 Å². The zero-order valence-electron chi connectivity index (χ0n) is 27.2. The average Bonchev–Trinajstić information content (AvgIpc) is 3.49. The van der Waals surface area contributed by atoms with Crippen LogP contribution in [0.5, 0.6) is 0 Å². The van der Waals surface area contributed by atoms with E-state index in [0.717, 1.165) is 24.1 Å². The van der Waals surface area contributed by atoms with Crippen LogP contribution in [0.3, 0.4) is 0 Å². The molecule has 3 aliphatic rings. The first-order valence-corrected chi connectivity index (χ1v) is 17.1. The molecule has 0 amide bonds. The van der Waals surface area contributed by atoms with Gasteiger partial charge in [0.2, 0.25) is 0 Å². The molecule has 2 atom stereocenters. The van der Waals surface area contributed by atoms with Crippen molar-refractivity contribution in [2.45, 2.75) is 31.7 Å². The molecule has 0 radical (unpaired) electrons. The van der Waals surface area contributed by atoms with Crippen molar-refractivity contribution in [3.8, 4) is 33.4 Å². The van der Waals surface area contributed by atoms with Crippen LogP contribution in [-0.4, -0.2) is 0 Å². The van der Waals surface area contributed by atoms with E-state index in [1.165, 1.54) is 77.5 Å². The molecule has 0 saturated carbocycles. The molecule has 1 saturated heterocycles. The molecule has 230 valence electrons. The largest absolute Gasteiger partial charge is 0.377 e. The predicted molar refractivity (Wildman–Crippen MR) is 204 cm³/mol. The molecule has 1 nitrogen and oxygen atoms in total. The Morgan fingerprint density at radius 3 is 2.08 bits per heavy atom. The van der Waals surface area contributed by atoms with E-state index < -0.39 is 0 Å². The highest BCUT2D eigenvalue weighted by Crippen LogP contribution is 2.54. The third-order valence-corrected chi connectivity index (χ3v) is 10.6.